The van der Waals surface area contributed by atoms with Crippen LogP contribution in [0, 0.1) is 13.8 Å². The van der Waals surface area contributed by atoms with Crippen LogP contribution in [-0.4, -0.2) is 16.3 Å². The van der Waals surface area contributed by atoms with Crippen LogP contribution in [0.1, 0.15) is 48.1 Å². The van der Waals surface area contributed by atoms with Crippen LogP contribution < -0.4 is 5.32 Å². The Morgan fingerprint density at radius 3 is 2.68 bits per heavy atom. The third-order valence-electron chi connectivity index (χ3n) is 3.21. The van der Waals surface area contributed by atoms with Gasteiger partial charge in [0.05, 0.1) is 17.4 Å². The first-order chi connectivity index (χ1) is 9.15. The van der Waals surface area contributed by atoms with E-state index in [4.69, 9.17) is 0 Å². The zero-order valence-electron chi connectivity index (χ0n) is 12.2. The molecular formula is C15H23N3S. The first kappa shape index (κ1) is 14.3. The summed E-state index contributed by atoms with van der Waals surface area (Å²) in [5.41, 5.74) is 3.71. The van der Waals surface area contributed by atoms with Crippen LogP contribution in [0.4, 0.5) is 0 Å². The molecule has 0 aliphatic carbocycles. The van der Waals surface area contributed by atoms with Gasteiger partial charge in [-0.3, -0.25) is 4.68 Å². The maximum atomic E-state index is 4.57. The third kappa shape index (κ3) is 3.25. The van der Waals surface area contributed by atoms with Crippen LogP contribution in [-0.2, 0) is 6.54 Å². The van der Waals surface area contributed by atoms with Crippen molar-refractivity contribution in [2.45, 2.75) is 46.7 Å². The lowest BCUT2D eigenvalue weighted by Gasteiger charge is -2.18. The molecule has 0 bridgehead atoms. The van der Waals surface area contributed by atoms with Crippen molar-refractivity contribution in [3.8, 4) is 0 Å². The van der Waals surface area contributed by atoms with Gasteiger partial charge in [0.25, 0.3) is 0 Å². The maximum absolute atomic E-state index is 4.57. The van der Waals surface area contributed by atoms with Crippen LogP contribution in [0.25, 0.3) is 0 Å². The first-order valence-corrected chi connectivity index (χ1v) is 7.86. The van der Waals surface area contributed by atoms with Crippen molar-refractivity contribution in [2.24, 2.45) is 0 Å². The molecule has 2 rings (SSSR count). The average Bonchev–Trinajstić information content (AvgIpc) is 2.97. The molecule has 1 N–H and O–H groups in total. The fourth-order valence-electron chi connectivity index (χ4n) is 2.35. The molecule has 4 heteroatoms. The number of rotatable bonds is 6. The number of nitrogens with one attached hydrogen (secondary N) is 1. The van der Waals surface area contributed by atoms with Gasteiger partial charge < -0.3 is 5.32 Å². The van der Waals surface area contributed by atoms with Gasteiger partial charge in [-0.05, 0) is 56.8 Å². The summed E-state index contributed by atoms with van der Waals surface area (Å²) in [6, 6.07) is 4.73. The predicted molar refractivity (Wildman–Crippen MR) is 81.8 cm³/mol. The molecular weight excluding hydrogens is 254 g/mol. The zero-order chi connectivity index (χ0) is 13.8. The number of hydrogen-bond donors (Lipinski definition) is 1. The lowest BCUT2D eigenvalue weighted by molar-refractivity contribution is 0.529. The minimum Gasteiger partial charge on any atom is -0.305 e. The van der Waals surface area contributed by atoms with Crippen LogP contribution in [0.3, 0.4) is 0 Å². The molecule has 0 radical (unpaired) electrons. The summed E-state index contributed by atoms with van der Waals surface area (Å²) in [7, 11) is 0. The number of aryl methyl sites for hydroxylation is 3. The normalized spacial score (nSPS) is 12.8. The summed E-state index contributed by atoms with van der Waals surface area (Å²) < 4.78 is 2.11. The Morgan fingerprint density at radius 1 is 1.32 bits per heavy atom. The fraction of sp³-hybridized carbons (Fsp3) is 0.533. The van der Waals surface area contributed by atoms with E-state index in [1.54, 1.807) is 0 Å². The van der Waals surface area contributed by atoms with E-state index in [0.717, 1.165) is 25.2 Å². The summed E-state index contributed by atoms with van der Waals surface area (Å²) in [5.74, 6) is 0. The molecule has 1 unspecified atom stereocenters. The molecule has 0 saturated heterocycles. The number of nitrogens with zero attached hydrogens (tertiary/aromatic N) is 2. The minimum atomic E-state index is 0.256. The average molecular weight is 277 g/mol. The van der Waals surface area contributed by atoms with E-state index >= 15 is 0 Å². The van der Waals surface area contributed by atoms with Crippen molar-refractivity contribution in [1.82, 2.24) is 15.1 Å². The molecule has 2 heterocycles. The molecule has 1 atom stereocenters. The number of thiophene rings is 1. The van der Waals surface area contributed by atoms with E-state index in [0.29, 0.717) is 0 Å². The SMILES string of the molecule is CCCNC(c1csc(C)c1)c1cc(C)nn1CC. The molecule has 104 valence electrons. The van der Waals surface area contributed by atoms with Gasteiger partial charge in [-0.2, -0.15) is 5.10 Å². The number of aromatic nitrogens is 2. The Labute approximate surface area is 119 Å². The topological polar surface area (TPSA) is 29.9 Å². The Hall–Kier alpha value is -1.13. The first-order valence-electron chi connectivity index (χ1n) is 6.98. The quantitative estimate of drug-likeness (QED) is 0.873. The Balaban J connectivity index is 2.36. The molecule has 0 saturated carbocycles. The molecule has 2 aromatic rings. The molecule has 3 nitrogen and oxygen atoms in total. The van der Waals surface area contributed by atoms with E-state index in [9.17, 15) is 0 Å². The third-order valence-corrected chi connectivity index (χ3v) is 4.09. The van der Waals surface area contributed by atoms with Crippen molar-refractivity contribution < 1.29 is 0 Å². The molecule has 0 spiro atoms. The van der Waals surface area contributed by atoms with Crippen molar-refractivity contribution in [3.05, 3.63) is 39.3 Å². The Morgan fingerprint density at radius 2 is 2.11 bits per heavy atom. The molecule has 19 heavy (non-hydrogen) atoms. The van der Waals surface area contributed by atoms with E-state index < -0.39 is 0 Å². The molecule has 0 fully saturated rings. The van der Waals surface area contributed by atoms with E-state index in [-0.39, 0.29) is 6.04 Å². The lowest BCUT2D eigenvalue weighted by Crippen LogP contribution is -2.25. The van der Waals surface area contributed by atoms with Crippen molar-refractivity contribution >= 4 is 11.3 Å². The lowest BCUT2D eigenvalue weighted by atomic mass is 10.1. The van der Waals surface area contributed by atoms with Gasteiger partial charge in [0.2, 0.25) is 0 Å². The van der Waals surface area contributed by atoms with Crippen molar-refractivity contribution in [2.75, 3.05) is 6.54 Å². The molecule has 0 amide bonds. The zero-order valence-corrected chi connectivity index (χ0v) is 13.0. The maximum Gasteiger partial charge on any atom is 0.0756 e. The standard InChI is InChI=1S/C15H23N3S/c1-5-7-16-15(13-9-12(4)19-10-13)14-8-11(3)17-18(14)6-2/h8-10,15-16H,5-7H2,1-4H3. The fourth-order valence-corrected chi connectivity index (χ4v) is 3.08. The highest BCUT2D eigenvalue weighted by Crippen LogP contribution is 2.27. The van der Waals surface area contributed by atoms with Crippen LogP contribution in [0.2, 0.25) is 0 Å². The number of hydrogen-bond acceptors (Lipinski definition) is 3. The van der Waals surface area contributed by atoms with Gasteiger partial charge in [0.1, 0.15) is 0 Å². The Kier molecular flexibility index (Phi) is 4.77. The monoisotopic (exact) mass is 277 g/mol. The van der Waals surface area contributed by atoms with Crippen LogP contribution in [0.15, 0.2) is 17.5 Å². The van der Waals surface area contributed by atoms with Crippen molar-refractivity contribution in [1.29, 1.82) is 0 Å². The summed E-state index contributed by atoms with van der Waals surface area (Å²) in [5, 5.41) is 10.5. The summed E-state index contributed by atoms with van der Waals surface area (Å²) >= 11 is 1.81. The highest BCUT2D eigenvalue weighted by Gasteiger charge is 2.19. The smallest absolute Gasteiger partial charge is 0.0756 e. The van der Waals surface area contributed by atoms with Gasteiger partial charge in [-0.15, -0.1) is 11.3 Å². The summed E-state index contributed by atoms with van der Waals surface area (Å²) in [6.45, 7) is 10.5. The molecule has 2 aromatic heterocycles. The van der Waals surface area contributed by atoms with Crippen LogP contribution >= 0.6 is 11.3 Å². The molecule has 0 aliphatic heterocycles. The van der Waals surface area contributed by atoms with E-state index in [1.165, 1.54) is 16.1 Å². The van der Waals surface area contributed by atoms with Crippen LogP contribution in [0.5, 0.6) is 0 Å². The predicted octanol–water partition coefficient (Wildman–Crippen LogP) is 3.67. The highest BCUT2D eigenvalue weighted by molar-refractivity contribution is 7.10. The van der Waals surface area contributed by atoms with Gasteiger partial charge >= 0.3 is 0 Å². The largest absolute Gasteiger partial charge is 0.305 e. The second-order valence-electron chi connectivity index (χ2n) is 4.90. The summed E-state index contributed by atoms with van der Waals surface area (Å²) in [4.78, 5) is 1.36. The highest BCUT2D eigenvalue weighted by atomic mass is 32.1. The van der Waals surface area contributed by atoms with E-state index in [2.05, 4.69) is 60.3 Å². The minimum absolute atomic E-state index is 0.256. The summed E-state index contributed by atoms with van der Waals surface area (Å²) in [6.07, 6.45) is 1.14. The second kappa shape index (κ2) is 6.35. The van der Waals surface area contributed by atoms with Gasteiger partial charge in [0, 0.05) is 11.4 Å². The molecule has 0 aromatic carbocycles. The molecule has 0 aliphatic rings. The second-order valence-corrected chi connectivity index (χ2v) is 6.02. The van der Waals surface area contributed by atoms with Gasteiger partial charge in [-0.1, -0.05) is 6.92 Å². The Bertz CT molecular complexity index is 527. The van der Waals surface area contributed by atoms with Gasteiger partial charge in [0.15, 0.2) is 0 Å². The van der Waals surface area contributed by atoms with Gasteiger partial charge in [-0.25, -0.2) is 0 Å². The van der Waals surface area contributed by atoms with E-state index in [1.807, 2.05) is 11.3 Å². The van der Waals surface area contributed by atoms with Crippen molar-refractivity contribution in [3.63, 3.8) is 0 Å².